The van der Waals surface area contributed by atoms with Gasteiger partial charge in [0, 0.05) is 25.4 Å². The van der Waals surface area contributed by atoms with Crippen molar-refractivity contribution < 1.29 is 0 Å². The summed E-state index contributed by atoms with van der Waals surface area (Å²) in [4.78, 5) is 11.3. The van der Waals surface area contributed by atoms with Crippen LogP contribution in [0.4, 0.5) is 0 Å². The highest BCUT2D eigenvalue weighted by molar-refractivity contribution is 4.98. The summed E-state index contributed by atoms with van der Waals surface area (Å²) in [7, 11) is 1.92. The number of aromatic nitrogens is 2. The molecule has 0 N–H and O–H groups in total. The minimum atomic E-state index is 0.114. The van der Waals surface area contributed by atoms with E-state index in [1.54, 1.807) is 10.7 Å². The molecule has 0 unspecified atom stereocenters. The number of rotatable bonds is 3. The van der Waals surface area contributed by atoms with E-state index in [0.717, 1.165) is 25.1 Å². The van der Waals surface area contributed by atoms with Gasteiger partial charge in [-0.05, 0) is 13.3 Å². The monoisotopic (exact) mass is 168 g/mol. The summed E-state index contributed by atoms with van der Waals surface area (Å²) >= 11 is 0. The van der Waals surface area contributed by atoms with Crippen LogP contribution in [0.15, 0.2) is 10.9 Å². The van der Waals surface area contributed by atoms with Gasteiger partial charge in [0.2, 0.25) is 0 Å². The first-order valence-electron chi connectivity index (χ1n) is 4.40. The summed E-state index contributed by atoms with van der Waals surface area (Å²) in [5.74, 6) is 0. The topological polar surface area (TPSA) is 26.9 Å². The molecule has 0 fully saturated rings. The molecule has 0 aliphatic heterocycles. The quantitative estimate of drug-likeness (QED) is 0.668. The SMILES string of the molecule is CCCCn1c(=O)cc(C)n1C. The predicted molar refractivity (Wildman–Crippen MR) is 49.3 cm³/mol. The van der Waals surface area contributed by atoms with Crippen LogP contribution in [0.25, 0.3) is 0 Å². The maximum absolute atomic E-state index is 11.3. The fourth-order valence-corrected chi connectivity index (χ4v) is 1.25. The highest BCUT2D eigenvalue weighted by atomic mass is 16.1. The molecule has 68 valence electrons. The molecule has 1 aromatic heterocycles. The Balaban J connectivity index is 2.90. The number of hydrogen-bond donors (Lipinski definition) is 0. The Kier molecular flexibility index (Phi) is 2.74. The van der Waals surface area contributed by atoms with E-state index in [0.29, 0.717) is 0 Å². The minimum Gasteiger partial charge on any atom is -0.290 e. The van der Waals surface area contributed by atoms with Gasteiger partial charge in [-0.15, -0.1) is 0 Å². The Bertz CT molecular complexity index is 309. The average Bonchev–Trinajstić information content (AvgIpc) is 2.25. The van der Waals surface area contributed by atoms with Crippen LogP contribution in [0, 0.1) is 6.92 Å². The maximum Gasteiger partial charge on any atom is 0.266 e. The Morgan fingerprint density at radius 3 is 2.58 bits per heavy atom. The van der Waals surface area contributed by atoms with Gasteiger partial charge in [-0.1, -0.05) is 13.3 Å². The number of unbranched alkanes of at least 4 members (excludes halogenated alkanes) is 1. The molecule has 1 aromatic rings. The zero-order valence-corrected chi connectivity index (χ0v) is 8.00. The molecule has 0 aliphatic rings. The second-order valence-electron chi connectivity index (χ2n) is 3.12. The molecule has 0 bridgehead atoms. The summed E-state index contributed by atoms with van der Waals surface area (Å²) in [5, 5.41) is 0. The maximum atomic E-state index is 11.3. The van der Waals surface area contributed by atoms with Crippen molar-refractivity contribution in [2.45, 2.75) is 33.2 Å². The van der Waals surface area contributed by atoms with Crippen LogP contribution in [-0.2, 0) is 13.6 Å². The van der Waals surface area contributed by atoms with Crippen molar-refractivity contribution in [2.24, 2.45) is 7.05 Å². The average molecular weight is 168 g/mol. The summed E-state index contributed by atoms with van der Waals surface area (Å²) in [6.07, 6.45) is 2.19. The van der Waals surface area contributed by atoms with Crippen LogP contribution in [-0.4, -0.2) is 9.36 Å². The summed E-state index contributed by atoms with van der Waals surface area (Å²) in [6.45, 7) is 4.91. The van der Waals surface area contributed by atoms with Crippen molar-refractivity contribution in [3.05, 3.63) is 22.1 Å². The summed E-state index contributed by atoms with van der Waals surface area (Å²) in [5.41, 5.74) is 1.14. The van der Waals surface area contributed by atoms with E-state index in [-0.39, 0.29) is 5.56 Å². The lowest BCUT2D eigenvalue weighted by Crippen LogP contribution is -2.21. The van der Waals surface area contributed by atoms with Crippen molar-refractivity contribution in [1.29, 1.82) is 0 Å². The lowest BCUT2D eigenvalue weighted by molar-refractivity contribution is 0.468. The molecule has 1 heterocycles. The second kappa shape index (κ2) is 3.61. The first kappa shape index (κ1) is 9.10. The fourth-order valence-electron chi connectivity index (χ4n) is 1.25. The first-order valence-corrected chi connectivity index (χ1v) is 4.40. The second-order valence-corrected chi connectivity index (χ2v) is 3.12. The molecule has 0 aromatic carbocycles. The van der Waals surface area contributed by atoms with Gasteiger partial charge in [0.25, 0.3) is 5.56 Å². The lowest BCUT2D eigenvalue weighted by Gasteiger charge is -2.06. The van der Waals surface area contributed by atoms with Gasteiger partial charge in [0.15, 0.2) is 0 Å². The van der Waals surface area contributed by atoms with Crippen LogP contribution in [0.1, 0.15) is 25.5 Å². The normalized spacial score (nSPS) is 10.6. The van der Waals surface area contributed by atoms with Crippen molar-refractivity contribution >= 4 is 0 Å². The molecule has 0 spiro atoms. The van der Waals surface area contributed by atoms with Crippen molar-refractivity contribution in [3.8, 4) is 0 Å². The molecule has 12 heavy (non-hydrogen) atoms. The van der Waals surface area contributed by atoms with Gasteiger partial charge in [0.1, 0.15) is 0 Å². The molecule has 0 radical (unpaired) electrons. The smallest absolute Gasteiger partial charge is 0.266 e. The highest BCUT2D eigenvalue weighted by Gasteiger charge is 2.02. The highest BCUT2D eigenvalue weighted by Crippen LogP contribution is 1.95. The molecular weight excluding hydrogens is 152 g/mol. The molecule has 0 aliphatic carbocycles. The molecule has 0 amide bonds. The first-order chi connectivity index (χ1) is 5.66. The Labute approximate surface area is 72.6 Å². The van der Waals surface area contributed by atoms with Crippen LogP contribution in [0.3, 0.4) is 0 Å². The van der Waals surface area contributed by atoms with Gasteiger partial charge in [-0.2, -0.15) is 0 Å². The molecule has 3 heteroatoms. The van der Waals surface area contributed by atoms with Gasteiger partial charge in [-0.3, -0.25) is 14.2 Å². The standard InChI is InChI=1S/C9H16N2O/c1-4-5-6-11-9(12)7-8(2)10(11)3/h7H,4-6H2,1-3H3. The third-order valence-electron chi connectivity index (χ3n) is 2.18. The zero-order chi connectivity index (χ0) is 9.14. The molecule has 0 saturated heterocycles. The van der Waals surface area contributed by atoms with Crippen molar-refractivity contribution in [3.63, 3.8) is 0 Å². The summed E-state index contributed by atoms with van der Waals surface area (Å²) < 4.78 is 3.69. The number of hydrogen-bond acceptors (Lipinski definition) is 1. The Morgan fingerprint density at radius 1 is 1.50 bits per heavy atom. The molecule has 0 saturated carbocycles. The van der Waals surface area contributed by atoms with E-state index >= 15 is 0 Å². The minimum absolute atomic E-state index is 0.114. The third kappa shape index (κ3) is 1.60. The number of aryl methyl sites for hydroxylation is 1. The fraction of sp³-hybridized carbons (Fsp3) is 0.667. The predicted octanol–water partition coefficient (Wildman–Crippen LogP) is 1.30. The number of nitrogens with zero attached hydrogens (tertiary/aromatic N) is 2. The van der Waals surface area contributed by atoms with Crippen molar-refractivity contribution in [2.75, 3.05) is 0 Å². The molecule has 0 atom stereocenters. The largest absolute Gasteiger partial charge is 0.290 e. The third-order valence-corrected chi connectivity index (χ3v) is 2.18. The summed E-state index contributed by atoms with van der Waals surface area (Å²) in [6, 6.07) is 1.68. The van der Waals surface area contributed by atoms with Gasteiger partial charge < -0.3 is 0 Å². The Hall–Kier alpha value is -0.990. The van der Waals surface area contributed by atoms with Crippen LogP contribution < -0.4 is 5.56 Å². The molecule has 3 nitrogen and oxygen atoms in total. The van der Waals surface area contributed by atoms with E-state index in [2.05, 4.69) is 6.92 Å². The van der Waals surface area contributed by atoms with Gasteiger partial charge in [0.05, 0.1) is 0 Å². The van der Waals surface area contributed by atoms with E-state index < -0.39 is 0 Å². The van der Waals surface area contributed by atoms with Crippen LogP contribution in [0.5, 0.6) is 0 Å². The van der Waals surface area contributed by atoms with E-state index in [4.69, 9.17) is 0 Å². The Morgan fingerprint density at radius 2 is 2.17 bits per heavy atom. The molecular formula is C9H16N2O. The van der Waals surface area contributed by atoms with Gasteiger partial charge in [-0.25, -0.2) is 0 Å². The van der Waals surface area contributed by atoms with E-state index in [9.17, 15) is 4.79 Å². The lowest BCUT2D eigenvalue weighted by atomic mass is 10.3. The molecule has 1 rings (SSSR count). The zero-order valence-electron chi connectivity index (χ0n) is 8.00. The van der Waals surface area contributed by atoms with Crippen molar-refractivity contribution in [1.82, 2.24) is 9.36 Å². The van der Waals surface area contributed by atoms with Crippen LogP contribution in [0.2, 0.25) is 0 Å². The van der Waals surface area contributed by atoms with Crippen LogP contribution >= 0.6 is 0 Å². The van der Waals surface area contributed by atoms with E-state index in [1.165, 1.54) is 0 Å². The van der Waals surface area contributed by atoms with Gasteiger partial charge >= 0.3 is 0 Å². The van der Waals surface area contributed by atoms with E-state index in [1.807, 2.05) is 18.7 Å².